The van der Waals surface area contributed by atoms with Gasteiger partial charge in [0.2, 0.25) is 6.41 Å². The number of carbonyl (C=O) groups is 2. The molecule has 1 amide bonds. The van der Waals surface area contributed by atoms with Crippen LogP contribution in [0.15, 0.2) is 18.2 Å². The zero-order chi connectivity index (χ0) is 13.3. The van der Waals surface area contributed by atoms with Crippen LogP contribution in [0, 0.1) is 0 Å². The van der Waals surface area contributed by atoms with Gasteiger partial charge in [0.15, 0.2) is 0 Å². The maximum absolute atomic E-state index is 11.6. The number of carboxylic acid groups (broad SMARTS) is 1. The smallest absolute Gasteiger partial charge is 0.330 e. The molecule has 1 N–H and O–H groups in total. The summed E-state index contributed by atoms with van der Waals surface area (Å²) in [7, 11) is 0. The van der Waals surface area contributed by atoms with E-state index in [0.717, 1.165) is 11.1 Å². The Morgan fingerprint density at radius 2 is 2.17 bits per heavy atom. The molecule has 0 saturated heterocycles. The Morgan fingerprint density at radius 1 is 1.50 bits per heavy atom. The van der Waals surface area contributed by atoms with Gasteiger partial charge in [0, 0.05) is 24.4 Å². The number of carboxylic acids is 1. The van der Waals surface area contributed by atoms with E-state index < -0.39 is 11.5 Å². The van der Waals surface area contributed by atoms with Gasteiger partial charge in [0.25, 0.3) is 0 Å². The lowest BCUT2D eigenvalue weighted by Gasteiger charge is -2.34. The fourth-order valence-electron chi connectivity index (χ4n) is 2.58. The van der Waals surface area contributed by atoms with Crippen molar-refractivity contribution in [3.63, 3.8) is 0 Å². The number of likely N-dealkylation sites (N-methyl/N-ethyl adjacent to an activating group) is 1. The first-order chi connectivity index (χ1) is 8.53. The van der Waals surface area contributed by atoms with Crippen LogP contribution in [0.2, 0.25) is 5.02 Å². The predicted octanol–water partition coefficient (Wildman–Crippen LogP) is 1.74. The highest BCUT2D eigenvalue weighted by Crippen LogP contribution is 2.35. The fourth-order valence-corrected chi connectivity index (χ4v) is 2.77. The molecule has 1 aliphatic carbocycles. The number of hydrogen-bond donors (Lipinski definition) is 1. The van der Waals surface area contributed by atoms with Crippen LogP contribution in [-0.4, -0.2) is 34.5 Å². The molecule has 1 aromatic rings. The first kappa shape index (κ1) is 12.9. The van der Waals surface area contributed by atoms with Gasteiger partial charge in [-0.3, -0.25) is 4.79 Å². The van der Waals surface area contributed by atoms with Crippen molar-refractivity contribution in [1.29, 1.82) is 0 Å². The van der Waals surface area contributed by atoms with Crippen LogP contribution >= 0.6 is 11.6 Å². The summed E-state index contributed by atoms with van der Waals surface area (Å²) in [6.07, 6.45) is 1.26. The maximum atomic E-state index is 11.6. The van der Waals surface area contributed by atoms with Crippen molar-refractivity contribution < 1.29 is 14.7 Å². The third-order valence-electron chi connectivity index (χ3n) is 3.55. The minimum atomic E-state index is -1.16. The molecule has 96 valence electrons. The van der Waals surface area contributed by atoms with Crippen LogP contribution in [0.1, 0.15) is 18.1 Å². The molecule has 0 saturated carbocycles. The summed E-state index contributed by atoms with van der Waals surface area (Å²) < 4.78 is 0. The molecule has 0 fully saturated rings. The van der Waals surface area contributed by atoms with Crippen LogP contribution in [0.3, 0.4) is 0 Å². The second-order valence-electron chi connectivity index (χ2n) is 4.49. The second kappa shape index (κ2) is 4.61. The van der Waals surface area contributed by atoms with Gasteiger partial charge in [-0.1, -0.05) is 17.7 Å². The van der Waals surface area contributed by atoms with Gasteiger partial charge in [-0.15, -0.1) is 0 Å². The van der Waals surface area contributed by atoms with Gasteiger partial charge in [-0.25, -0.2) is 4.79 Å². The lowest BCUT2D eigenvalue weighted by Crippen LogP contribution is -2.55. The van der Waals surface area contributed by atoms with Gasteiger partial charge in [0.1, 0.15) is 5.54 Å². The molecule has 5 heteroatoms. The number of fused-ring (bicyclic) bond motifs is 1. The summed E-state index contributed by atoms with van der Waals surface area (Å²) in [5, 5.41) is 10.1. The van der Waals surface area contributed by atoms with E-state index in [4.69, 9.17) is 11.6 Å². The number of benzene rings is 1. The Hall–Kier alpha value is -1.55. The highest BCUT2D eigenvalue weighted by atomic mass is 35.5. The number of amides is 1. The molecule has 1 atom stereocenters. The highest BCUT2D eigenvalue weighted by molar-refractivity contribution is 6.30. The SMILES string of the molecule is CCN(C=O)C1(C(=O)O)Cc2ccc(Cl)cc2C1. The van der Waals surface area contributed by atoms with E-state index in [1.54, 1.807) is 19.1 Å². The molecule has 0 aromatic heterocycles. The van der Waals surface area contributed by atoms with Crippen LogP contribution in [0.5, 0.6) is 0 Å². The number of aliphatic carboxylic acids is 1. The van der Waals surface area contributed by atoms with Crippen molar-refractivity contribution in [2.75, 3.05) is 6.54 Å². The summed E-state index contributed by atoms with van der Waals surface area (Å²) in [6, 6.07) is 5.36. The monoisotopic (exact) mass is 267 g/mol. The minimum absolute atomic E-state index is 0.310. The van der Waals surface area contributed by atoms with Crippen LogP contribution in [-0.2, 0) is 22.4 Å². The zero-order valence-electron chi connectivity index (χ0n) is 10.0. The Labute approximate surface area is 110 Å². The molecule has 0 radical (unpaired) electrons. The Bertz CT molecular complexity index is 503. The molecular formula is C13H14ClNO3. The molecule has 0 aliphatic heterocycles. The molecule has 18 heavy (non-hydrogen) atoms. The number of hydrogen-bond acceptors (Lipinski definition) is 2. The van der Waals surface area contributed by atoms with E-state index in [0.29, 0.717) is 30.8 Å². The number of nitrogens with zero attached hydrogens (tertiary/aromatic N) is 1. The van der Waals surface area contributed by atoms with Crippen molar-refractivity contribution in [1.82, 2.24) is 4.90 Å². The van der Waals surface area contributed by atoms with E-state index in [-0.39, 0.29) is 0 Å². The molecule has 0 heterocycles. The molecule has 1 aromatic carbocycles. The van der Waals surface area contributed by atoms with Crippen molar-refractivity contribution in [2.45, 2.75) is 25.3 Å². The number of halogens is 1. The minimum Gasteiger partial charge on any atom is -0.479 e. The Morgan fingerprint density at radius 3 is 2.72 bits per heavy atom. The third kappa shape index (κ3) is 1.86. The first-order valence-corrected chi connectivity index (χ1v) is 6.14. The highest BCUT2D eigenvalue weighted by Gasteiger charge is 2.48. The van der Waals surface area contributed by atoms with Gasteiger partial charge in [-0.05, 0) is 30.2 Å². The largest absolute Gasteiger partial charge is 0.479 e. The molecule has 2 rings (SSSR count). The quantitative estimate of drug-likeness (QED) is 0.846. The third-order valence-corrected chi connectivity index (χ3v) is 3.79. The number of rotatable bonds is 4. The van der Waals surface area contributed by atoms with Crippen molar-refractivity contribution >= 4 is 24.0 Å². The van der Waals surface area contributed by atoms with E-state index >= 15 is 0 Å². The molecule has 0 bridgehead atoms. The molecule has 1 unspecified atom stereocenters. The van der Waals surface area contributed by atoms with Crippen molar-refractivity contribution in [3.05, 3.63) is 34.3 Å². The van der Waals surface area contributed by atoms with Crippen molar-refractivity contribution in [3.8, 4) is 0 Å². The standard InChI is InChI=1S/C13H14ClNO3/c1-2-15(8-16)13(12(17)18)6-9-3-4-11(14)5-10(9)7-13/h3-5,8H,2,6-7H2,1H3,(H,17,18). The van der Waals surface area contributed by atoms with Gasteiger partial charge >= 0.3 is 5.97 Å². The second-order valence-corrected chi connectivity index (χ2v) is 4.93. The first-order valence-electron chi connectivity index (χ1n) is 5.76. The molecule has 4 nitrogen and oxygen atoms in total. The fraction of sp³-hybridized carbons (Fsp3) is 0.385. The Balaban J connectivity index is 2.44. The van der Waals surface area contributed by atoms with E-state index in [9.17, 15) is 14.7 Å². The summed E-state index contributed by atoms with van der Waals surface area (Å²) in [4.78, 5) is 24.0. The topological polar surface area (TPSA) is 57.6 Å². The van der Waals surface area contributed by atoms with Crippen LogP contribution in [0.25, 0.3) is 0 Å². The predicted molar refractivity (Wildman–Crippen MR) is 67.7 cm³/mol. The average Bonchev–Trinajstić information content (AvgIpc) is 2.70. The van der Waals surface area contributed by atoms with Crippen LogP contribution < -0.4 is 0 Å². The van der Waals surface area contributed by atoms with Gasteiger partial charge in [-0.2, -0.15) is 0 Å². The van der Waals surface area contributed by atoms with Crippen molar-refractivity contribution in [2.24, 2.45) is 0 Å². The summed E-state index contributed by atoms with van der Waals surface area (Å²) in [5.41, 5.74) is 0.691. The number of carbonyl (C=O) groups excluding carboxylic acids is 1. The maximum Gasteiger partial charge on any atom is 0.330 e. The lowest BCUT2D eigenvalue weighted by molar-refractivity contribution is -0.154. The molecular weight excluding hydrogens is 254 g/mol. The molecule has 0 spiro atoms. The van der Waals surface area contributed by atoms with E-state index in [1.807, 2.05) is 6.07 Å². The summed E-state index contributed by atoms with van der Waals surface area (Å²) in [5.74, 6) is -0.969. The van der Waals surface area contributed by atoms with Gasteiger partial charge < -0.3 is 10.0 Å². The Kier molecular flexibility index (Phi) is 3.30. The van der Waals surface area contributed by atoms with E-state index in [2.05, 4.69) is 0 Å². The normalized spacial score (nSPS) is 21.4. The van der Waals surface area contributed by atoms with Gasteiger partial charge in [0.05, 0.1) is 0 Å². The summed E-state index contributed by atoms with van der Waals surface area (Å²) >= 11 is 5.91. The van der Waals surface area contributed by atoms with E-state index in [1.165, 1.54) is 4.90 Å². The van der Waals surface area contributed by atoms with Crippen LogP contribution in [0.4, 0.5) is 0 Å². The lowest BCUT2D eigenvalue weighted by atomic mass is 9.94. The zero-order valence-corrected chi connectivity index (χ0v) is 10.8. The molecule has 1 aliphatic rings. The average molecular weight is 268 g/mol. The summed E-state index contributed by atoms with van der Waals surface area (Å²) in [6.45, 7) is 2.15.